The van der Waals surface area contributed by atoms with Crippen molar-refractivity contribution in [2.24, 2.45) is 5.92 Å². The van der Waals surface area contributed by atoms with E-state index in [0.717, 1.165) is 43.3 Å². The van der Waals surface area contributed by atoms with E-state index < -0.39 is 0 Å². The molecule has 24 heavy (non-hydrogen) atoms. The van der Waals surface area contributed by atoms with Crippen molar-refractivity contribution in [2.75, 3.05) is 31.1 Å². The second kappa shape index (κ2) is 6.99. The highest BCUT2D eigenvalue weighted by molar-refractivity contribution is 5.78. The van der Waals surface area contributed by atoms with Crippen LogP contribution in [0.1, 0.15) is 19.4 Å². The van der Waals surface area contributed by atoms with Gasteiger partial charge in [0.25, 0.3) is 0 Å². The topological polar surface area (TPSA) is 49.3 Å². The molecule has 2 heterocycles. The van der Waals surface area contributed by atoms with Gasteiger partial charge in [0.05, 0.1) is 5.69 Å². The van der Waals surface area contributed by atoms with Crippen molar-refractivity contribution in [3.8, 4) is 11.3 Å². The number of carbonyl (C=O) groups excluding carboxylic acids is 1. The van der Waals surface area contributed by atoms with E-state index in [1.165, 1.54) is 5.56 Å². The average Bonchev–Trinajstić information content (AvgIpc) is 2.62. The number of carbonyl (C=O) groups is 1. The lowest BCUT2D eigenvalue weighted by Crippen LogP contribution is -2.50. The Balaban J connectivity index is 1.65. The third-order valence-electron chi connectivity index (χ3n) is 4.41. The zero-order valence-electron chi connectivity index (χ0n) is 14.6. The van der Waals surface area contributed by atoms with Crippen LogP contribution in [0.4, 0.5) is 5.82 Å². The number of hydrogen-bond acceptors (Lipinski definition) is 4. The number of aromatic nitrogens is 2. The van der Waals surface area contributed by atoms with E-state index in [-0.39, 0.29) is 11.8 Å². The van der Waals surface area contributed by atoms with Gasteiger partial charge in [0, 0.05) is 37.7 Å². The van der Waals surface area contributed by atoms with E-state index in [1.807, 2.05) is 30.9 Å². The Bertz CT molecular complexity index is 686. The second-order valence-corrected chi connectivity index (χ2v) is 6.61. The number of rotatable bonds is 3. The Kier molecular flexibility index (Phi) is 4.79. The standard InChI is InChI=1S/C19H24N4O/c1-14(2)19(24)23-12-10-22(11-13-23)18-9-8-17(20-21-18)16-6-4-15(3)5-7-16/h4-9,14H,10-13H2,1-3H3. The third kappa shape index (κ3) is 3.55. The van der Waals surface area contributed by atoms with Crippen molar-refractivity contribution in [1.29, 1.82) is 0 Å². The van der Waals surface area contributed by atoms with E-state index in [9.17, 15) is 4.79 Å². The summed E-state index contributed by atoms with van der Waals surface area (Å²) in [6, 6.07) is 12.3. The van der Waals surface area contributed by atoms with Crippen LogP contribution in [0.3, 0.4) is 0 Å². The number of anilines is 1. The molecular weight excluding hydrogens is 300 g/mol. The minimum Gasteiger partial charge on any atom is -0.352 e. The van der Waals surface area contributed by atoms with Crippen LogP contribution in [0.2, 0.25) is 0 Å². The lowest BCUT2D eigenvalue weighted by atomic mass is 10.1. The summed E-state index contributed by atoms with van der Waals surface area (Å²) in [6.45, 7) is 9.07. The second-order valence-electron chi connectivity index (χ2n) is 6.61. The number of benzene rings is 1. The Morgan fingerprint density at radius 2 is 1.62 bits per heavy atom. The Morgan fingerprint density at radius 1 is 0.958 bits per heavy atom. The summed E-state index contributed by atoms with van der Waals surface area (Å²) >= 11 is 0. The molecule has 1 aromatic heterocycles. The number of nitrogens with zero attached hydrogens (tertiary/aromatic N) is 4. The van der Waals surface area contributed by atoms with Crippen LogP contribution >= 0.6 is 0 Å². The molecular formula is C19H24N4O. The van der Waals surface area contributed by atoms with Crippen molar-refractivity contribution < 1.29 is 4.79 Å². The van der Waals surface area contributed by atoms with Gasteiger partial charge < -0.3 is 9.80 Å². The lowest BCUT2D eigenvalue weighted by molar-refractivity contribution is -0.134. The Hall–Kier alpha value is -2.43. The number of aryl methyl sites for hydroxylation is 1. The third-order valence-corrected chi connectivity index (χ3v) is 4.41. The van der Waals surface area contributed by atoms with Gasteiger partial charge in [-0.25, -0.2) is 0 Å². The molecule has 1 aliphatic rings. The van der Waals surface area contributed by atoms with Gasteiger partial charge >= 0.3 is 0 Å². The maximum Gasteiger partial charge on any atom is 0.225 e. The maximum atomic E-state index is 12.0. The molecule has 1 aliphatic heterocycles. The zero-order valence-corrected chi connectivity index (χ0v) is 14.6. The zero-order chi connectivity index (χ0) is 17.1. The quantitative estimate of drug-likeness (QED) is 0.871. The smallest absolute Gasteiger partial charge is 0.225 e. The minimum atomic E-state index is 0.0603. The highest BCUT2D eigenvalue weighted by Crippen LogP contribution is 2.20. The largest absolute Gasteiger partial charge is 0.352 e. The summed E-state index contributed by atoms with van der Waals surface area (Å²) in [4.78, 5) is 16.2. The van der Waals surface area contributed by atoms with Gasteiger partial charge in [-0.05, 0) is 19.1 Å². The molecule has 2 aromatic rings. The number of piperazine rings is 1. The van der Waals surface area contributed by atoms with Crippen LogP contribution < -0.4 is 4.90 Å². The highest BCUT2D eigenvalue weighted by atomic mass is 16.2. The van der Waals surface area contributed by atoms with Gasteiger partial charge in [-0.2, -0.15) is 0 Å². The molecule has 5 nitrogen and oxygen atoms in total. The average molecular weight is 324 g/mol. The van der Waals surface area contributed by atoms with E-state index >= 15 is 0 Å². The van der Waals surface area contributed by atoms with Gasteiger partial charge in [0.2, 0.25) is 5.91 Å². The van der Waals surface area contributed by atoms with Gasteiger partial charge in [-0.15, -0.1) is 10.2 Å². The van der Waals surface area contributed by atoms with Crippen LogP contribution in [0.25, 0.3) is 11.3 Å². The predicted molar refractivity (Wildman–Crippen MR) is 95.8 cm³/mol. The fourth-order valence-corrected chi connectivity index (χ4v) is 2.89. The molecule has 1 saturated heterocycles. The molecule has 0 unspecified atom stereocenters. The molecule has 0 N–H and O–H groups in total. The van der Waals surface area contributed by atoms with Crippen LogP contribution in [-0.4, -0.2) is 47.2 Å². The minimum absolute atomic E-state index is 0.0603. The first-order valence-electron chi connectivity index (χ1n) is 8.49. The summed E-state index contributed by atoms with van der Waals surface area (Å²) in [5.41, 5.74) is 3.19. The predicted octanol–water partition coefficient (Wildman–Crippen LogP) is 2.76. The van der Waals surface area contributed by atoms with Crippen molar-refractivity contribution in [1.82, 2.24) is 15.1 Å². The molecule has 1 fully saturated rings. The van der Waals surface area contributed by atoms with Crippen LogP contribution in [0.15, 0.2) is 36.4 Å². The number of hydrogen-bond donors (Lipinski definition) is 0. The van der Waals surface area contributed by atoms with Crippen LogP contribution in [0, 0.1) is 12.8 Å². The van der Waals surface area contributed by atoms with Gasteiger partial charge in [-0.1, -0.05) is 43.7 Å². The number of amides is 1. The monoisotopic (exact) mass is 324 g/mol. The summed E-state index contributed by atoms with van der Waals surface area (Å²) in [7, 11) is 0. The molecule has 0 saturated carbocycles. The van der Waals surface area contributed by atoms with Crippen LogP contribution in [-0.2, 0) is 4.79 Å². The first-order valence-corrected chi connectivity index (χ1v) is 8.49. The Morgan fingerprint density at radius 3 is 2.17 bits per heavy atom. The first-order chi connectivity index (χ1) is 11.5. The molecule has 0 spiro atoms. The van der Waals surface area contributed by atoms with Crippen molar-refractivity contribution in [3.05, 3.63) is 42.0 Å². The molecule has 126 valence electrons. The summed E-state index contributed by atoms with van der Waals surface area (Å²) in [6.07, 6.45) is 0. The van der Waals surface area contributed by atoms with Gasteiger partial charge in [-0.3, -0.25) is 4.79 Å². The lowest BCUT2D eigenvalue weighted by Gasteiger charge is -2.36. The fourth-order valence-electron chi connectivity index (χ4n) is 2.89. The molecule has 0 aliphatic carbocycles. The molecule has 0 bridgehead atoms. The van der Waals surface area contributed by atoms with Crippen molar-refractivity contribution >= 4 is 11.7 Å². The Labute approximate surface area is 143 Å². The van der Waals surface area contributed by atoms with E-state index in [1.54, 1.807) is 0 Å². The normalized spacial score (nSPS) is 15.0. The van der Waals surface area contributed by atoms with Gasteiger partial charge in [0.15, 0.2) is 5.82 Å². The van der Waals surface area contributed by atoms with E-state index in [0.29, 0.717) is 0 Å². The first kappa shape index (κ1) is 16.4. The molecule has 0 atom stereocenters. The summed E-state index contributed by atoms with van der Waals surface area (Å²) in [5, 5.41) is 8.74. The van der Waals surface area contributed by atoms with Crippen molar-refractivity contribution in [3.63, 3.8) is 0 Å². The molecule has 1 aromatic carbocycles. The van der Waals surface area contributed by atoms with Crippen LogP contribution in [0.5, 0.6) is 0 Å². The summed E-state index contributed by atoms with van der Waals surface area (Å²) < 4.78 is 0. The van der Waals surface area contributed by atoms with E-state index in [4.69, 9.17) is 0 Å². The highest BCUT2D eigenvalue weighted by Gasteiger charge is 2.23. The summed E-state index contributed by atoms with van der Waals surface area (Å²) in [5.74, 6) is 1.17. The fraction of sp³-hybridized carbons (Fsp3) is 0.421. The molecule has 1 amide bonds. The SMILES string of the molecule is Cc1ccc(-c2ccc(N3CCN(C(=O)C(C)C)CC3)nn2)cc1. The van der Waals surface area contributed by atoms with E-state index in [2.05, 4.69) is 46.3 Å². The van der Waals surface area contributed by atoms with Crippen molar-refractivity contribution in [2.45, 2.75) is 20.8 Å². The maximum absolute atomic E-state index is 12.0. The molecule has 3 rings (SSSR count). The molecule has 5 heteroatoms. The van der Waals surface area contributed by atoms with Gasteiger partial charge in [0.1, 0.15) is 0 Å². The molecule has 0 radical (unpaired) electrons.